The highest BCUT2D eigenvalue weighted by molar-refractivity contribution is 5.70. The summed E-state index contributed by atoms with van der Waals surface area (Å²) in [7, 11) is 1.70. The summed E-state index contributed by atoms with van der Waals surface area (Å²) in [4.78, 5) is 31.0. The molecule has 0 aliphatic carbocycles. The molecule has 27 heavy (non-hydrogen) atoms. The van der Waals surface area contributed by atoms with E-state index in [0.717, 1.165) is 31.2 Å². The van der Waals surface area contributed by atoms with Gasteiger partial charge in [0.2, 0.25) is 0 Å². The Morgan fingerprint density at radius 1 is 1.04 bits per heavy atom. The van der Waals surface area contributed by atoms with Crippen LogP contribution in [-0.2, 0) is 19.1 Å². The van der Waals surface area contributed by atoms with Gasteiger partial charge in [-0.15, -0.1) is 0 Å². The van der Waals surface area contributed by atoms with Crippen LogP contribution in [0.25, 0.3) is 11.2 Å². The first-order valence-corrected chi connectivity index (χ1v) is 9.70. The van der Waals surface area contributed by atoms with E-state index in [2.05, 4.69) is 25.8 Å². The van der Waals surface area contributed by atoms with Crippen LogP contribution in [0.1, 0.15) is 52.0 Å². The summed E-state index contributed by atoms with van der Waals surface area (Å²) in [6.45, 7) is 6.74. The van der Waals surface area contributed by atoms with Crippen molar-refractivity contribution < 1.29 is 0 Å². The molecule has 0 spiro atoms. The fraction of sp³-hybridized carbons (Fsp3) is 0.476. The molecular weight excluding hydrogens is 340 g/mol. The minimum Gasteiger partial charge on any atom is -0.320 e. The standard InChI is InChI=1S/C21H28N4O2/c1-5-13-21(6-2,7-3)25-19(26)17-18(23(4)20(25)27)22-15-24(17)14-16-11-9-8-10-12-16/h8-12,15H,5-7,13-14H2,1-4H3. The maximum Gasteiger partial charge on any atom is 0.333 e. The Balaban J connectivity index is 2.29. The minimum absolute atomic E-state index is 0.237. The Labute approximate surface area is 159 Å². The molecule has 0 fully saturated rings. The van der Waals surface area contributed by atoms with Crippen LogP contribution in [0.15, 0.2) is 46.2 Å². The molecule has 1 aromatic carbocycles. The quantitative estimate of drug-likeness (QED) is 0.643. The van der Waals surface area contributed by atoms with Crippen LogP contribution in [-0.4, -0.2) is 18.7 Å². The van der Waals surface area contributed by atoms with Gasteiger partial charge in [0.15, 0.2) is 11.2 Å². The van der Waals surface area contributed by atoms with Crippen LogP contribution in [0.3, 0.4) is 0 Å². The normalized spacial score (nSPS) is 12.0. The van der Waals surface area contributed by atoms with E-state index < -0.39 is 5.54 Å². The van der Waals surface area contributed by atoms with Crippen molar-refractivity contribution in [1.29, 1.82) is 0 Å². The van der Waals surface area contributed by atoms with Crippen LogP contribution in [0.4, 0.5) is 0 Å². The molecule has 0 amide bonds. The van der Waals surface area contributed by atoms with Crippen molar-refractivity contribution in [3.8, 4) is 0 Å². The van der Waals surface area contributed by atoms with E-state index >= 15 is 0 Å². The first kappa shape index (κ1) is 19.1. The third-order valence-electron chi connectivity index (χ3n) is 5.72. The molecule has 2 heterocycles. The summed E-state index contributed by atoms with van der Waals surface area (Å²) in [5.74, 6) is 0. The van der Waals surface area contributed by atoms with Crippen molar-refractivity contribution >= 4 is 11.2 Å². The van der Waals surface area contributed by atoms with Crippen molar-refractivity contribution in [1.82, 2.24) is 18.7 Å². The molecule has 6 nitrogen and oxygen atoms in total. The number of rotatable bonds is 7. The number of hydrogen-bond donors (Lipinski definition) is 0. The lowest BCUT2D eigenvalue weighted by Gasteiger charge is -2.33. The topological polar surface area (TPSA) is 61.8 Å². The number of nitrogens with zero attached hydrogens (tertiary/aromatic N) is 4. The van der Waals surface area contributed by atoms with Crippen LogP contribution in [0.2, 0.25) is 0 Å². The molecule has 0 unspecified atom stereocenters. The zero-order chi connectivity index (χ0) is 19.6. The Bertz CT molecular complexity index is 1040. The minimum atomic E-state index is -0.462. The Kier molecular flexibility index (Phi) is 5.35. The molecule has 0 bridgehead atoms. The molecule has 0 saturated heterocycles. The SMILES string of the molecule is CCCC(CC)(CC)n1c(=O)c2c(ncn2Cc2ccccc2)n(C)c1=O. The molecule has 144 valence electrons. The second-order valence-corrected chi connectivity index (χ2v) is 7.19. The number of aryl methyl sites for hydroxylation is 1. The van der Waals surface area contributed by atoms with E-state index in [1.54, 1.807) is 13.4 Å². The van der Waals surface area contributed by atoms with E-state index in [1.165, 1.54) is 9.13 Å². The van der Waals surface area contributed by atoms with Gasteiger partial charge in [-0.25, -0.2) is 9.78 Å². The monoisotopic (exact) mass is 368 g/mol. The van der Waals surface area contributed by atoms with E-state index in [9.17, 15) is 9.59 Å². The number of fused-ring (bicyclic) bond motifs is 1. The predicted molar refractivity (Wildman–Crippen MR) is 108 cm³/mol. The first-order chi connectivity index (χ1) is 13.0. The summed E-state index contributed by atoms with van der Waals surface area (Å²) in [6, 6.07) is 9.96. The molecule has 3 aromatic rings. The van der Waals surface area contributed by atoms with Gasteiger partial charge in [-0.05, 0) is 24.8 Å². The molecule has 0 saturated carbocycles. The van der Waals surface area contributed by atoms with Crippen molar-refractivity contribution in [2.45, 2.75) is 58.5 Å². The van der Waals surface area contributed by atoms with Crippen LogP contribution in [0, 0.1) is 0 Å². The van der Waals surface area contributed by atoms with Crippen molar-refractivity contribution in [3.63, 3.8) is 0 Å². The summed E-state index contributed by atoms with van der Waals surface area (Å²) in [6.07, 6.45) is 4.85. The van der Waals surface area contributed by atoms with Gasteiger partial charge in [0.05, 0.1) is 11.9 Å². The molecule has 0 aliphatic heterocycles. The average molecular weight is 368 g/mol. The predicted octanol–water partition coefficient (Wildman–Crippen LogP) is 3.26. The zero-order valence-electron chi connectivity index (χ0n) is 16.6. The van der Waals surface area contributed by atoms with Gasteiger partial charge in [-0.3, -0.25) is 13.9 Å². The zero-order valence-corrected chi connectivity index (χ0v) is 16.6. The highest BCUT2D eigenvalue weighted by Crippen LogP contribution is 2.28. The second-order valence-electron chi connectivity index (χ2n) is 7.19. The Hall–Kier alpha value is -2.63. The lowest BCUT2D eigenvalue weighted by Crippen LogP contribution is -2.51. The van der Waals surface area contributed by atoms with E-state index in [-0.39, 0.29) is 11.2 Å². The number of imidazole rings is 1. The first-order valence-electron chi connectivity index (χ1n) is 9.70. The number of hydrogen-bond acceptors (Lipinski definition) is 3. The average Bonchev–Trinajstić information content (AvgIpc) is 3.10. The second kappa shape index (κ2) is 7.55. The Morgan fingerprint density at radius 2 is 1.70 bits per heavy atom. The van der Waals surface area contributed by atoms with Crippen LogP contribution < -0.4 is 11.2 Å². The molecule has 0 aliphatic rings. The molecule has 3 rings (SSSR count). The fourth-order valence-electron chi connectivity index (χ4n) is 4.08. The molecule has 0 radical (unpaired) electrons. The van der Waals surface area contributed by atoms with Gasteiger partial charge in [0.25, 0.3) is 5.56 Å². The van der Waals surface area contributed by atoms with Gasteiger partial charge >= 0.3 is 5.69 Å². The van der Waals surface area contributed by atoms with E-state index in [4.69, 9.17) is 0 Å². The van der Waals surface area contributed by atoms with E-state index in [0.29, 0.717) is 17.7 Å². The summed E-state index contributed by atoms with van der Waals surface area (Å²) in [5.41, 5.74) is 1.03. The highest BCUT2D eigenvalue weighted by Gasteiger charge is 2.32. The van der Waals surface area contributed by atoms with Gasteiger partial charge < -0.3 is 4.57 Å². The van der Waals surface area contributed by atoms with Gasteiger partial charge in [-0.2, -0.15) is 0 Å². The van der Waals surface area contributed by atoms with E-state index in [1.807, 2.05) is 34.9 Å². The smallest absolute Gasteiger partial charge is 0.320 e. The summed E-state index contributed by atoms with van der Waals surface area (Å²) in [5, 5.41) is 0. The highest BCUT2D eigenvalue weighted by atomic mass is 16.2. The fourth-order valence-corrected chi connectivity index (χ4v) is 4.08. The van der Waals surface area contributed by atoms with Crippen molar-refractivity contribution in [2.75, 3.05) is 0 Å². The molecule has 0 atom stereocenters. The maximum atomic E-state index is 13.5. The third kappa shape index (κ3) is 3.13. The molecular formula is C21H28N4O2. The lowest BCUT2D eigenvalue weighted by molar-refractivity contribution is 0.219. The van der Waals surface area contributed by atoms with Crippen molar-refractivity contribution in [3.05, 3.63) is 63.1 Å². The van der Waals surface area contributed by atoms with Gasteiger partial charge in [0, 0.05) is 13.6 Å². The van der Waals surface area contributed by atoms with Gasteiger partial charge in [-0.1, -0.05) is 57.5 Å². The molecule has 0 N–H and O–H groups in total. The molecule has 2 aromatic heterocycles. The maximum absolute atomic E-state index is 13.5. The third-order valence-corrected chi connectivity index (χ3v) is 5.72. The molecule has 6 heteroatoms. The van der Waals surface area contributed by atoms with Crippen molar-refractivity contribution in [2.24, 2.45) is 7.05 Å². The largest absolute Gasteiger partial charge is 0.333 e. The van der Waals surface area contributed by atoms with Crippen LogP contribution >= 0.6 is 0 Å². The van der Waals surface area contributed by atoms with Gasteiger partial charge in [0.1, 0.15) is 0 Å². The lowest BCUT2D eigenvalue weighted by atomic mass is 9.87. The van der Waals surface area contributed by atoms with Crippen LogP contribution in [0.5, 0.6) is 0 Å². The number of aromatic nitrogens is 4. The Morgan fingerprint density at radius 3 is 2.30 bits per heavy atom. The summed E-state index contributed by atoms with van der Waals surface area (Å²) < 4.78 is 4.85. The number of benzene rings is 1. The summed E-state index contributed by atoms with van der Waals surface area (Å²) >= 11 is 0.